The first-order valence-corrected chi connectivity index (χ1v) is 12.4. The molecule has 1 aliphatic heterocycles. The van der Waals surface area contributed by atoms with Gasteiger partial charge in [0.15, 0.2) is 0 Å². The summed E-state index contributed by atoms with van der Waals surface area (Å²) in [4.78, 5) is 21.2. The van der Waals surface area contributed by atoms with Crippen molar-refractivity contribution < 1.29 is 31.5 Å². The van der Waals surface area contributed by atoms with Crippen molar-refractivity contribution in [2.45, 2.75) is 44.5 Å². The van der Waals surface area contributed by atoms with Gasteiger partial charge in [-0.1, -0.05) is 0 Å². The van der Waals surface area contributed by atoms with Crippen molar-refractivity contribution in [2.24, 2.45) is 5.92 Å². The number of benzene rings is 1. The van der Waals surface area contributed by atoms with Crippen molar-refractivity contribution in [3.8, 4) is 5.75 Å². The van der Waals surface area contributed by atoms with Crippen molar-refractivity contribution in [1.82, 2.24) is 15.3 Å². The highest BCUT2D eigenvalue weighted by molar-refractivity contribution is 6.07. The molecule has 7 nitrogen and oxygen atoms in total. The smallest absolute Gasteiger partial charge is 0.458 e. The van der Waals surface area contributed by atoms with Crippen LogP contribution in [0.2, 0.25) is 0 Å². The van der Waals surface area contributed by atoms with Crippen molar-refractivity contribution in [3.63, 3.8) is 0 Å². The fourth-order valence-electron chi connectivity index (χ4n) is 4.33. The minimum atomic E-state index is -5.82. The lowest BCUT2D eigenvalue weighted by molar-refractivity contribution is -0.289. The van der Waals surface area contributed by atoms with Crippen LogP contribution in [-0.4, -0.2) is 41.2 Å². The maximum Gasteiger partial charge on any atom is 0.458 e. The molecule has 1 unspecified atom stereocenters. The lowest BCUT2D eigenvalue weighted by atomic mass is 9.93. The number of amides is 1. The Morgan fingerprint density at radius 1 is 1.08 bits per heavy atom. The number of anilines is 2. The van der Waals surface area contributed by atoms with Crippen LogP contribution in [0, 0.1) is 5.92 Å². The van der Waals surface area contributed by atoms with Crippen molar-refractivity contribution >= 4 is 17.4 Å². The zero-order valence-electron chi connectivity index (χ0n) is 21.1. The third kappa shape index (κ3) is 6.80. The van der Waals surface area contributed by atoms with Gasteiger partial charge < -0.3 is 20.7 Å². The number of rotatable bonds is 9. The molecular weight excluding hydrogens is 521 g/mol. The van der Waals surface area contributed by atoms with Gasteiger partial charge in [-0.25, -0.2) is 4.98 Å². The monoisotopic (exact) mass is 549 g/mol. The number of aromatic nitrogens is 2. The highest BCUT2D eigenvalue weighted by atomic mass is 19.4. The van der Waals surface area contributed by atoms with Gasteiger partial charge in [0.2, 0.25) is 0 Å². The molecule has 3 heterocycles. The first-order valence-electron chi connectivity index (χ1n) is 12.4. The third-order valence-corrected chi connectivity index (χ3v) is 6.56. The molecule has 4 rings (SSSR count). The summed E-state index contributed by atoms with van der Waals surface area (Å²) in [7, 11) is 0. The molecule has 1 atom stereocenters. The number of carbonyl (C=O) groups is 1. The molecule has 12 heteroatoms. The van der Waals surface area contributed by atoms with Gasteiger partial charge in [0.25, 0.3) is 5.91 Å². The molecule has 1 aliphatic rings. The molecule has 1 amide bonds. The van der Waals surface area contributed by atoms with Gasteiger partial charge in [-0.2, -0.15) is 22.0 Å². The number of nitrogens with zero attached hydrogens (tertiary/aromatic N) is 2. The fourth-order valence-corrected chi connectivity index (χ4v) is 4.33. The standard InChI is InChI=1S/C27H28F5N5O2/c1-17(19-8-13-34-14-9-19)39-23-15-20(4-5-22(23)26(28,29)27(30,31)32)37-25(38)21-3-2-10-35-24(21)36-16-18-6-11-33-12-7-18/h2-7,10-12,15,17,19,34H,8-9,13-14,16H2,1H3,(H,35,36)(H,37,38). The highest BCUT2D eigenvalue weighted by Gasteiger charge is 2.60. The second-order valence-corrected chi connectivity index (χ2v) is 9.26. The van der Waals surface area contributed by atoms with Crippen molar-refractivity contribution in [1.29, 1.82) is 0 Å². The van der Waals surface area contributed by atoms with Gasteiger partial charge in [-0.3, -0.25) is 9.78 Å². The summed E-state index contributed by atoms with van der Waals surface area (Å²) in [6, 6.07) is 9.29. The Bertz CT molecular complexity index is 1270. The number of halogens is 5. The fraction of sp³-hybridized carbons (Fsp3) is 0.370. The van der Waals surface area contributed by atoms with E-state index >= 15 is 0 Å². The normalized spacial score (nSPS) is 15.4. The van der Waals surface area contributed by atoms with Crippen LogP contribution >= 0.6 is 0 Å². The highest BCUT2D eigenvalue weighted by Crippen LogP contribution is 2.48. The van der Waals surface area contributed by atoms with E-state index in [0.717, 1.165) is 17.7 Å². The Hall–Kier alpha value is -3.80. The zero-order valence-corrected chi connectivity index (χ0v) is 21.1. The molecule has 3 N–H and O–H groups in total. The molecule has 1 saturated heterocycles. The van der Waals surface area contributed by atoms with Crippen LogP contribution in [0.5, 0.6) is 5.75 Å². The average molecular weight is 550 g/mol. The minimum Gasteiger partial charge on any atom is -0.490 e. The van der Waals surface area contributed by atoms with Crippen LogP contribution in [0.15, 0.2) is 61.1 Å². The molecule has 1 fully saturated rings. The number of pyridine rings is 2. The van der Waals surface area contributed by atoms with Crippen molar-refractivity contribution in [2.75, 3.05) is 23.7 Å². The number of ether oxygens (including phenoxy) is 1. The van der Waals surface area contributed by atoms with Crippen LogP contribution in [0.3, 0.4) is 0 Å². The molecule has 0 saturated carbocycles. The van der Waals surface area contributed by atoms with E-state index in [4.69, 9.17) is 4.74 Å². The Kier molecular flexibility index (Phi) is 8.63. The van der Waals surface area contributed by atoms with Crippen LogP contribution in [0.4, 0.5) is 33.5 Å². The minimum absolute atomic E-state index is 0.00169. The predicted octanol–water partition coefficient (Wildman–Crippen LogP) is 5.76. The van der Waals surface area contributed by atoms with Gasteiger partial charge >= 0.3 is 12.1 Å². The number of hydrogen-bond acceptors (Lipinski definition) is 6. The van der Waals surface area contributed by atoms with Gasteiger partial charge in [0.1, 0.15) is 11.6 Å². The maximum absolute atomic E-state index is 14.4. The molecule has 208 valence electrons. The van der Waals surface area contributed by atoms with Gasteiger partial charge in [-0.05, 0) is 80.7 Å². The summed E-state index contributed by atoms with van der Waals surface area (Å²) in [5.41, 5.74) is -0.261. The van der Waals surface area contributed by atoms with Gasteiger partial charge in [-0.15, -0.1) is 0 Å². The molecule has 2 aromatic heterocycles. The Balaban J connectivity index is 1.58. The quantitative estimate of drug-likeness (QED) is 0.294. The molecule has 0 radical (unpaired) electrons. The lowest BCUT2D eigenvalue weighted by Gasteiger charge is -2.30. The van der Waals surface area contributed by atoms with E-state index < -0.39 is 35.4 Å². The van der Waals surface area contributed by atoms with Crippen LogP contribution < -0.4 is 20.7 Å². The average Bonchev–Trinajstić information content (AvgIpc) is 2.92. The summed E-state index contributed by atoms with van der Waals surface area (Å²) in [6.45, 7) is 3.39. The summed E-state index contributed by atoms with van der Waals surface area (Å²) in [6.07, 6.45) is -0.311. The Morgan fingerprint density at radius 3 is 2.49 bits per heavy atom. The largest absolute Gasteiger partial charge is 0.490 e. The SMILES string of the molecule is CC(Oc1cc(NC(=O)c2cccnc2NCc2ccncc2)ccc1C(F)(F)C(F)(F)F)C1CCNCC1. The van der Waals surface area contributed by atoms with E-state index in [1.807, 2.05) is 0 Å². The van der Waals surface area contributed by atoms with Gasteiger partial charge in [0, 0.05) is 36.9 Å². The first kappa shape index (κ1) is 28.2. The van der Waals surface area contributed by atoms with E-state index in [1.54, 1.807) is 37.5 Å². The molecule has 39 heavy (non-hydrogen) atoms. The Labute approximate surface area is 222 Å². The van der Waals surface area contributed by atoms with E-state index in [2.05, 4.69) is 25.9 Å². The molecular formula is C27H28F5N5O2. The number of carbonyl (C=O) groups excluding carboxylic acids is 1. The predicted molar refractivity (Wildman–Crippen MR) is 136 cm³/mol. The molecule has 3 aromatic rings. The summed E-state index contributed by atoms with van der Waals surface area (Å²) >= 11 is 0. The molecule has 0 aliphatic carbocycles. The number of alkyl halides is 5. The van der Waals surface area contributed by atoms with Crippen LogP contribution in [-0.2, 0) is 12.5 Å². The van der Waals surface area contributed by atoms with Crippen molar-refractivity contribution in [3.05, 3.63) is 77.7 Å². The number of piperidine rings is 1. The lowest BCUT2D eigenvalue weighted by Crippen LogP contribution is -2.37. The summed E-state index contributed by atoms with van der Waals surface area (Å²) in [5.74, 6) is -6.17. The van der Waals surface area contributed by atoms with E-state index in [-0.39, 0.29) is 23.0 Å². The zero-order chi connectivity index (χ0) is 28.0. The Morgan fingerprint density at radius 2 is 1.79 bits per heavy atom. The summed E-state index contributed by atoms with van der Waals surface area (Å²) in [5, 5.41) is 8.80. The molecule has 0 spiro atoms. The van der Waals surface area contributed by atoms with Gasteiger partial charge in [0.05, 0.1) is 17.2 Å². The second kappa shape index (κ2) is 11.9. The third-order valence-electron chi connectivity index (χ3n) is 6.56. The number of nitrogens with one attached hydrogen (secondary N) is 3. The molecule has 0 bridgehead atoms. The maximum atomic E-state index is 14.4. The second-order valence-electron chi connectivity index (χ2n) is 9.26. The molecule has 1 aromatic carbocycles. The van der Waals surface area contributed by atoms with Crippen LogP contribution in [0.25, 0.3) is 0 Å². The topological polar surface area (TPSA) is 88.2 Å². The van der Waals surface area contributed by atoms with E-state index in [9.17, 15) is 26.7 Å². The van der Waals surface area contributed by atoms with Crippen LogP contribution in [0.1, 0.15) is 41.3 Å². The van der Waals surface area contributed by atoms with E-state index in [1.165, 1.54) is 12.3 Å². The summed E-state index contributed by atoms with van der Waals surface area (Å²) < 4.78 is 74.4. The van der Waals surface area contributed by atoms with E-state index in [0.29, 0.717) is 38.5 Å². The first-order chi connectivity index (χ1) is 18.6. The number of hydrogen-bond donors (Lipinski definition) is 3.